The molecule has 58 heavy (non-hydrogen) atoms. The Balaban J connectivity index is 0.000000221. The van der Waals surface area contributed by atoms with Crippen LogP contribution in [0.2, 0.25) is 0 Å². The molecule has 0 amide bonds. The summed E-state index contributed by atoms with van der Waals surface area (Å²) >= 11 is 0. The Labute approximate surface area is 339 Å². The highest BCUT2D eigenvalue weighted by molar-refractivity contribution is 5.95. The molecule has 0 fully saturated rings. The summed E-state index contributed by atoms with van der Waals surface area (Å²) in [6.07, 6.45) is 3.72. The van der Waals surface area contributed by atoms with Crippen molar-refractivity contribution in [2.24, 2.45) is 11.5 Å². The predicted molar refractivity (Wildman–Crippen MR) is 230 cm³/mol. The van der Waals surface area contributed by atoms with E-state index in [1.807, 2.05) is 113 Å². The van der Waals surface area contributed by atoms with Gasteiger partial charge in [0.25, 0.3) is 0 Å². The molecule has 12 nitrogen and oxygen atoms in total. The molecule has 6 rings (SSSR count). The molecule has 0 aliphatic carbocycles. The maximum atomic E-state index is 8.88. The maximum Gasteiger partial charge on any atom is 0.187 e. The van der Waals surface area contributed by atoms with Crippen LogP contribution in [-0.2, 0) is 26.3 Å². The van der Waals surface area contributed by atoms with Gasteiger partial charge in [0.05, 0.1) is 29.6 Å². The van der Waals surface area contributed by atoms with Crippen molar-refractivity contribution in [1.29, 1.82) is 16.1 Å². The number of rotatable bonds is 14. The highest BCUT2D eigenvalue weighted by Crippen LogP contribution is 2.28. The van der Waals surface area contributed by atoms with Gasteiger partial charge >= 0.3 is 0 Å². The molecule has 6 aromatic rings. The highest BCUT2D eigenvalue weighted by Gasteiger charge is 2.13. The van der Waals surface area contributed by atoms with Gasteiger partial charge in [0, 0.05) is 48.0 Å². The number of nitrogen functional groups attached to an aromatic ring is 2. The lowest BCUT2D eigenvalue weighted by Gasteiger charge is -2.16. The molecule has 292 valence electrons. The van der Waals surface area contributed by atoms with Gasteiger partial charge in [0.2, 0.25) is 0 Å². The maximum absolute atomic E-state index is 8.88. The van der Waals surface area contributed by atoms with Crippen LogP contribution in [0.25, 0.3) is 4.85 Å². The lowest BCUT2D eigenvalue weighted by atomic mass is 10.1. The second kappa shape index (κ2) is 19.8. The number of hydrogen-bond acceptors (Lipinski definition) is 9. The highest BCUT2D eigenvalue weighted by atomic mass is 16.5. The third-order valence-corrected chi connectivity index (χ3v) is 9.40. The smallest absolute Gasteiger partial charge is 0.187 e. The molecule has 0 spiro atoms. The van der Waals surface area contributed by atoms with Crippen LogP contribution in [0.5, 0.6) is 11.5 Å². The zero-order valence-corrected chi connectivity index (χ0v) is 33.0. The summed E-state index contributed by atoms with van der Waals surface area (Å²) in [4.78, 5) is 12.4. The van der Waals surface area contributed by atoms with Crippen molar-refractivity contribution in [3.8, 4) is 17.6 Å². The Morgan fingerprint density at radius 2 is 1.05 bits per heavy atom. The Bertz CT molecular complexity index is 2450. The van der Waals surface area contributed by atoms with Crippen molar-refractivity contribution in [2.45, 2.75) is 54.0 Å². The molecular formula is C46H46N10O2. The topological polar surface area (TPSA) is 196 Å². The van der Waals surface area contributed by atoms with Gasteiger partial charge in [-0.3, -0.25) is 20.8 Å². The van der Waals surface area contributed by atoms with Crippen LogP contribution in [-0.4, -0.2) is 21.6 Å². The Kier molecular flexibility index (Phi) is 14.1. The number of nitriles is 1. The summed E-state index contributed by atoms with van der Waals surface area (Å²) in [5.41, 5.74) is 23.4. The summed E-state index contributed by atoms with van der Waals surface area (Å²) in [5, 5.41) is 30.5. The predicted octanol–water partition coefficient (Wildman–Crippen LogP) is 8.77. The first kappa shape index (κ1) is 41.5. The zero-order chi connectivity index (χ0) is 41.6. The number of aromatic nitrogens is 2. The second-order valence-corrected chi connectivity index (χ2v) is 13.5. The van der Waals surface area contributed by atoms with E-state index in [1.165, 1.54) is 0 Å². The Hall–Kier alpha value is -7.70. The minimum absolute atomic E-state index is 0.0505. The summed E-state index contributed by atoms with van der Waals surface area (Å²) in [5.74, 6) is 1.66. The number of amidine groups is 2. The normalized spacial score (nSPS) is 10.2. The van der Waals surface area contributed by atoms with Crippen molar-refractivity contribution in [2.75, 3.05) is 10.6 Å². The molecule has 2 aromatic heterocycles. The molecule has 4 aromatic carbocycles. The van der Waals surface area contributed by atoms with Crippen molar-refractivity contribution < 1.29 is 9.47 Å². The quantitative estimate of drug-likeness (QED) is 0.0356. The molecule has 0 radical (unpaired) electrons. The summed E-state index contributed by atoms with van der Waals surface area (Å²) in [7, 11) is 0. The van der Waals surface area contributed by atoms with Crippen LogP contribution in [0.3, 0.4) is 0 Å². The van der Waals surface area contributed by atoms with Crippen molar-refractivity contribution in [3.05, 3.63) is 182 Å². The molecule has 0 aliphatic heterocycles. The molecule has 0 bridgehead atoms. The van der Waals surface area contributed by atoms with E-state index in [9.17, 15) is 0 Å². The lowest BCUT2D eigenvalue weighted by Crippen LogP contribution is -2.11. The van der Waals surface area contributed by atoms with Gasteiger partial charge in [-0.05, 0) is 110 Å². The van der Waals surface area contributed by atoms with E-state index in [2.05, 4.69) is 31.5 Å². The SMILES string of the molecule is Cc1ncc(CNc2ccc(C(=N)N)cc2)c(C)c1OCc1ccc(C(=N)N)cc1.[C-]#[N+]c1ccc(COc2c(C)ncc(CNc3ccc(C#N)cc3)c2C)cc1. The first-order valence-corrected chi connectivity index (χ1v) is 18.4. The van der Waals surface area contributed by atoms with Crippen LogP contribution >= 0.6 is 0 Å². The van der Waals surface area contributed by atoms with Gasteiger partial charge in [0.1, 0.15) is 36.4 Å². The van der Waals surface area contributed by atoms with Gasteiger partial charge in [-0.2, -0.15) is 5.26 Å². The molecule has 12 heteroatoms. The van der Waals surface area contributed by atoms with Crippen LogP contribution in [0, 0.1) is 56.4 Å². The van der Waals surface area contributed by atoms with Crippen LogP contribution in [0.4, 0.5) is 17.1 Å². The molecule has 2 heterocycles. The molecule has 0 atom stereocenters. The first-order valence-electron chi connectivity index (χ1n) is 18.4. The number of anilines is 2. The summed E-state index contributed by atoms with van der Waals surface area (Å²) in [6, 6.07) is 31.7. The fourth-order valence-electron chi connectivity index (χ4n) is 5.86. The molecule has 0 saturated heterocycles. The second-order valence-electron chi connectivity index (χ2n) is 13.5. The monoisotopic (exact) mass is 770 g/mol. The molecule has 0 unspecified atom stereocenters. The average molecular weight is 771 g/mol. The lowest BCUT2D eigenvalue weighted by molar-refractivity contribution is 0.300. The van der Waals surface area contributed by atoms with Crippen LogP contribution in [0.15, 0.2) is 109 Å². The molecular weight excluding hydrogens is 725 g/mol. The van der Waals surface area contributed by atoms with Gasteiger partial charge in [-0.1, -0.05) is 48.5 Å². The largest absolute Gasteiger partial charge is 0.487 e. The zero-order valence-electron chi connectivity index (χ0n) is 33.0. The Morgan fingerprint density at radius 1 is 0.655 bits per heavy atom. The minimum Gasteiger partial charge on any atom is -0.487 e. The molecule has 0 aliphatic rings. The summed E-state index contributed by atoms with van der Waals surface area (Å²) < 4.78 is 12.1. The number of ether oxygens (including phenoxy) is 2. The minimum atomic E-state index is 0.0505. The number of aryl methyl sites for hydroxylation is 2. The number of nitrogens with zero attached hydrogens (tertiary/aromatic N) is 4. The Morgan fingerprint density at radius 3 is 1.45 bits per heavy atom. The standard InChI is InChI=1S/C23H26N6O.C23H20N4O/c1-14-19(12-29-20-9-7-18(8-10-20)23(26)27)11-28-15(2)21(14)30-13-16-3-5-17(6-4-16)22(24)25;1-16-20(14-27-22-10-4-18(12-24)5-11-22)13-26-17(2)23(16)28-15-19-6-8-21(25-3)9-7-19/h3-11,29H,12-13H2,1-2H3,(H3,24,25)(H3,26,27);4-11,13,27H,14-15H2,1-2H3. The fraction of sp³-hybridized carbons (Fsp3) is 0.174. The van der Waals surface area contributed by atoms with E-state index >= 15 is 0 Å². The number of pyridine rings is 2. The van der Waals surface area contributed by atoms with E-state index in [-0.39, 0.29) is 11.7 Å². The molecule has 0 saturated carbocycles. The van der Waals surface area contributed by atoms with Crippen molar-refractivity contribution in [3.63, 3.8) is 0 Å². The average Bonchev–Trinajstić information content (AvgIpc) is 3.24. The van der Waals surface area contributed by atoms with Gasteiger partial charge in [0.15, 0.2) is 5.69 Å². The van der Waals surface area contributed by atoms with E-state index in [0.29, 0.717) is 48.7 Å². The number of benzene rings is 4. The fourth-order valence-corrected chi connectivity index (χ4v) is 5.86. The van der Waals surface area contributed by atoms with Gasteiger partial charge in [-0.25, -0.2) is 4.85 Å². The first-order chi connectivity index (χ1) is 27.9. The molecule has 8 N–H and O–H groups in total. The van der Waals surface area contributed by atoms with Gasteiger partial charge < -0.3 is 31.6 Å². The van der Waals surface area contributed by atoms with E-state index in [0.717, 1.165) is 67.6 Å². The van der Waals surface area contributed by atoms with E-state index in [4.69, 9.17) is 43.6 Å². The van der Waals surface area contributed by atoms with Crippen LogP contribution < -0.4 is 31.6 Å². The number of nitrogens with two attached hydrogens (primary N) is 2. The third-order valence-electron chi connectivity index (χ3n) is 9.40. The number of hydrogen-bond donors (Lipinski definition) is 6. The summed E-state index contributed by atoms with van der Waals surface area (Å²) in [6.45, 7) is 17.0. The van der Waals surface area contributed by atoms with Crippen molar-refractivity contribution >= 4 is 28.7 Å². The third kappa shape index (κ3) is 11.2. The van der Waals surface area contributed by atoms with Gasteiger partial charge in [-0.15, -0.1) is 0 Å². The van der Waals surface area contributed by atoms with Crippen molar-refractivity contribution in [1.82, 2.24) is 9.97 Å². The van der Waals surface area contributed by atoms with E-state index in [1.54, 1.807) is 24.3 Å². The van der Waals surface area contributed by atoms with Crippen LogP contribution in [0.1, 0.15) is 61.5 Å². The number of nitrogens with one attached hydrogen (secondary N) is 4. The van der Waals surface area contributed by atoms with E-state index < -0.39 is 0 Å².